The highest BCUT2D eigenvalue weighted by atomic mass is 16.5. The van der Waals surface area contributed by atoms with E-state index < -0.39 is 0 Å². The Morgan fingerprint density at radius 1 is 1.15 bits per heavy atom. The minimum Gasteiger partial charge on any atom is -0.388 e. The molecule has 20 heavy (non-hydrogen) atoms. The number of hydrogen-bond acceptors (Lipinski definition) is 2. The van der Waals surface area contributed by atoms with E-state index in [1.165, 1.54) is 22.3 Å². The van der Waals surface area contributed by atoms with Gasteiger partial charge in [-0.3, -0.25) is 0 Å². The smallest absolute Gasteiger partial charge is 0.0820 e. The van der Waals surface area contributed by atoms with Gasteiger partial charge in [0.25, 0.3) is 0 Å². The van der Waals surface area contributed by atoms with Gasteiger partial charge in [0.15, 0.2) is 0 Å². The van der Waals surface area contributed by atoms with Crippen LogP contribution in [-0.4, -0.2) is 17.8 Å². The van der Waals surface area contributed by atoms with Gasteiger partial charge in [0.1, 0.15) is 0 Å². The SMILES string of the molecule is CCc1cc(CC)c(C(O)CC2CCCO2)c(CC)c1. The molecule has 2 atom stereocenters. The van der Waals surface area contributed by atoms with E-state index in [1.807, 2.05) is 0 Å². The lowest BCUT2D eigenvalue weighted by Gasteiger charge is -2.22. The van der Waals surface area contributed by atoms with E-state index in [9.17, 15) is 5.11 Å². The third-order valence-electron chi connectivity index (χ3n) is 4.42. The molecule has 0 amide bonds. The molecule has 0 bridgehead atoms. The average molecular weight is 276 g/mol. The number of ether oxygens (including phenoxy) is 1. The molecule has 0 aromatic heterocycles. The van der Waals surface area contributed by atoms with E-state index >= 15 is 0 Å². The molecule has 2 heteroatoms. The maximum absolute atomic E-state index is 10.7. The van der Waals surface area contributed by atoms with Crippen LogP contribution >= 0.6 is 0 Å². The van der Waals surface area contributed by atoms with Crippen LogP contribution in [0.3, 0.4) is 0 Å². The second kappa shape index (κ2) is 7.24. The molecule has 2 unspecified atom stereocenters. The molecular formula is C18H28O2. The zero-order chi connectivity index (χ0) is 14.5. The molecule has 2 rings (SSSR count). The Morgan fingerprint density at radius 2 is 1.80 bits per heavy atom. The van der Waals surface area contributed by atoms with Gasteiger partial charge in [0.2, 0.25) is 0 Å². The number of aryl methyl sites for hydroxylation is 3. The molecule has 0 aliphatic carbocycles. The zero-order valence-electron chi connectivity index (χ0n) is 13.1. The van der Waals surface area contributed by atoms with Gasteiger partial charge >= 0.3 is 0 Å². The summed E-state index contributed by atoms with van der Waals surface area (Å²) in [6.45, 7) is 7.40. The normalized spacial score (nSPS) is 20.3. The minimum absolute atomic E-state index is 0.241. The van der Waals surface area contributed by atoms with Crippen molar-refractivity contribution < 1.29 is 9.84 Å². The molecule has 1 heterocycles. The molecule has 0 saturated carbocycles. The Balaban J connectivity index is 2.27. The summed E-state index contributed by atoms with van der Waals surface area (Å²) in [4.78, 5) is 0. The summed E-state index contributed by atoms with van der Waals surface area (Å²) in [6, 6.07) is 4.54. The second-order valence-electron chi connectivity index (χ2n) is 5.77. The van der Waals surface area contributed by atoms with Crippen molar-refractivity contribution in [3.8, 4) is 0 Å². The van der Waals surface area contributed by atoms with E-state index in [-0.39, 0.29) is 12.2 Å². The van der Waals surface area contributed by atoms with Crippen molar-refractivity contribution in [2.75, 3.05) is 6.61 Å². The van der Waals surface area contributed by atoms with E-state index in [0.717, 1.165) is 45.1 Å². The van der Waals surface area contributed by atoms with Gasteiger partial charge in [-0.05, 0) is 54.4 Å². The number of rotatable bonds is 6. The van der Waals surface area contributed by atoms with Crippen molar-refractivity contribution in [2.24, 2.45) is 0 Å². The Bertz CT molecular complexity index is 408. The maximum Gasteiger partial charge on any atom is 0.0820 e. The van der Waals surface area contributed by atoms with Crippen LogP contribution in [-0.2, 0) is 24.0 Å². The number of aliphatic hydroxyl groups is 1. The lowest BCUT2D eigenvalue weighted by atomic mass is 9.88. The highest BCUT2D eigenvalue weighted by Gasteiger charge is 2.23. The summed E-state index contributed by atoms with van der Waals surface area (Å²) in [7, 11) is 0. The molecule has 0 radical (unpaired) electrons. The number of hydrogen-bond donors (Lipinski definition) is 1. The predicted octanol–water partition coefficient (Wildman–Crippen LogP) is 3.98. The van der Waals surface area contributed by atoms with Crippen LogP contribution < -0.4 is 0 Å². The van der Waals surface area contributed by atoms with Crippen molar-refractivity contribution in [2.45, 2.75) is 71.5 Å². The van der Waals surface area contributed by atoms with Gasteiger partial charge in [-0.25, -0.2) is 0 Å². The largest absolute Gasteiger partial charge is 0.388 e. The zero-order valence-corrected chi connectivity index (χ0v) is 13.1. The van der Waals surface area contributed by atoms with Gasteiger partial charge in [-0.1, -0.05) is 32.9 Å². The van der Waals surface area contributed by atoms with Crippen molar-refractivity contribution in [3.05, 3.63) is 34.4 Å². The fraction of sp³-hybridized carbons (Fsp3) is 0.667. The third-order valence-corrected chi connectivity index (χ3v) is 4.42. The third kappa shape index (κ3) is 3.42. The summed E-state index contributed by atoms with van der Waals surface area (Å²) >= 11 is 0. The Hall–Kier alpha value is -0.860. The van der Waals surface area contributed by atoms with Crippen LogP contribution in [0.1, 0.15) is 68.4 Å². The van der Waals surface area contributed by atoms with Crippen molar-refractivity contribution in [1.82, 2.24) is 0 Å². The monoisotopic (exact) mass is 276 g/mol. The fourth-order valence-electron chi connectivity index (χ4n) is 3.27. The Morgan fingerprint density at radius 3 is 2.25 bits per heavy atom. The van der Waals surface area contributed by atoms with Gasteiger partial charge in [0, 0.05) is 13.0 Å². The lowest BCUT2D eigenvalue weighted by Crippen LogP contribution is -2.14. The first-order valence-corrected chi connectivity index (χ1v) is 8.13. The van der Waals surface area contributed by atoms with Crippen LogP contribution in [0.4, 0.5) is 0 Å². The van der Waals surface area contributed by atoms with Crippen molar-refractivity contribution >= 4 is 0 Å². The quantitative estimate of drug-likeness (QED) is 0.851. The first-order valence-electron chi connectivity index (χ1n) is 8.13. The minimum atomic E-state index is -0.381. The lowest BCUT2D eigenvalue weighted by molar-refractivity contribution is 0.0529. The molecular weight excluding hydrogens is 248 g/mol. The second-order valence-corrected chi connectivity index (χ2v) is 5.77. The van der Waals surface area contributed by atoms with Crippen LogP contribution in [0.2, 0.25) is 0 Å². The van der Waals surface area contributed by atoms with Gasteiger partial charge in [-0.2, -0.15) is 0 Å². The summed E-state index contributed by atoms with van der Waals surface area (Å²) < 4.78 is 5.68. The number of benzene rings is 1. The summed E-state index contributed by atoms with van der Waals surface area (Å²) in [5.74, 6) is 0. The maximum atomic E-state index is 10.7. The van der Waals surface area contributed by atoms with Gasteiger partial charge < -0.3 is 9.84 Å². The predicted molar refractivity (Wildman–Crippen MR) is 83.1 cm³/mol. The molecule has 112 valence electrons. The van der Waals surface area contributed by atoms with Crippen molar-refractivity contribution in [3.63, 3.8) is 0 Å². The van der Waals surface area contributed by atoms with Crippen LogP contribution in [0.15, 0.2) is 12.1 Å². The van der Waals surface area contributed by atoms with E-state index in [2.05, 4.69) is 32.9 Å². The summed E-state index contributed by atoms with van der Waals surface area (Å²) in [5.41, 5.74) is 5.17. The fourth-order valence-corrected chi connectivity index (χ4v) is 3.27. The molecule has 1 N–H and O–H groups in total. The standard InChI is InChI=1S/C18H28O2/c1-4-13-10-14(5-2)18(15(6-3)11-13)17(19)12-16-8-7-9-20-16/h10-11,16-17,19H,4-9,12H2,1-3H3. The molecule has 2 nitrogen and oxygen atoms in total. The summed E-state index contributed by atoms with van der Waals surface area (Å²) in [6.07, 6.45) is 5.85. The van der Waals surface area contributed by atoms with Crippen LogP contribution in [0.5, 0.6) is 0 Å². The first kappa shape index (κ1) is 15.5. The molecule has 0 spiro atoms. The van der Waals surface area contributed by atoms with Gasteiger partial charge in [0.05, 0.1) is 12.2 Å². The van der Waals surface area contributed by atoms with E-state index in [4.69, 9.17) is 4.74 Å². The topological polar surface area (TPSA) is 29.5 Å². The van der Waals surface area contributed by atoms with Crippen molar-refractivity contribution in [1.29, 1.82) is 0 Å². The van der Waals surface area contributed by atoms with E-state index in [0.29, 0.717) is 0 Å². The highest BCUT2D eigenvalue weighted by molar-refractivity contribution is 5.41. The van der Waals surface area contributed by atoms with Crippen LogP contribution in [0, 0.1) is 0 Å². The molecule has 1 aliphatic rings. The average Bonchev–Trinajstić information content (AvgIpc) is 2.98. The number of aliphatic hydroxyl groups excluding tert-OH is 1. The highest BCUT2D eigenvalue weighted by Crippen LogP contribution is 2.31. The van der Waals surface area contributed by atoms with E-state index in [1.54, 1.807) is 0 Å². The van der Waals surface area contributed by atoms with Crippen LogP contribution in [0.25, 0.3) is 0 Å². The Labute approximate surface area is 123 Å². The molecule has 1 aromatic rings. The molecule has 1 aromatic carbocycles. The molecule has 1 aliphatic heterocycles. The molecule has 1 fully saturated rings. The summed E-state index contributed by atoms with van der Waals surface area (Å²) in [5, 5.41) is 10.7. The first-order chi connectivity index (χ1) is 9.69. The van der Waals surface area contributed by atoms with Gasteiger partial charge in [-0.15, -0.1) is 0 Å². The Kier molecular flexibility index (Phi) is 5.62. The molecule has 1 saturated heterocycles.